The van der Waals surface area contributed by atoms with Crippen molar-refractivity contribution in [3.63, 3.8) is 0 Å². The van der Waals surface area contributed by atoms with Crippen LogP contribution in [0.3, 0.4) is 0 Å². The number of aryl methyl sites for hydroxylation is 1. The Hall–Kier alpha value is -2.12. The Balaban J connectivity index is 2.17. The van der Waals surface area contributed by atoms with E-state index in [0.717, 1.165) is 5.56 Å². The highest BCUT2D eigenvalue weighted by Gasteiger charge is 2.17. The number of nitrogens with zero attached hydrogens (tertiary/aromatic N) is 3. The molecule has 0 saturated heterocycles. The third-order valence-corrected chi connectivity index (χ3v) is 4.32. The lowest BCUT2D eigenvalue weighted by atomic mass is 10.1. The lowest BCUT2D eigenvalue weighted by Gasteiger charge is -2.07. The fourth-order valence-electron chi connectivity index (χ4n) is 2.14. The predicted octanol–water partition coefficient (Wildman–Crippen LogP) is 3.71. The maximum absolute atomic E-state index is 13.7. The molecule has 0 unspecified atom stereocenters. The summed E-state index contributed by atoms with van der Waals surface area (Å²) in [6, 6.07) is 4.24. The first-order valence-corrected chi connectivity index (χ1v) is 8.15. The van der Waals surface area contributed by atoms with Crippen LogP contribution in [-0.2, 0) is 0 Å². The van der Waals surface area contributed by atoms with Gasteiger partial charge in [0.25, 0.3) is 0 Å². The standard InChI is InChI=1S/C15H11ClFN3O2S/c1-8-6-20(15(21)19-14(8)23-2)13-12(22-7-18-13)9-3-4-10(16)11(17)5-9/h3-7H,1-2H3. The Labute approximate surface area is 140 Å². The summed E-state index contributed by atoms with van der Waals surface area (Å²) in [6.07, 6.45) is 4.67. The number of hydrogen-bond acceptors (Lipinski definition) is 5. The molecule has 0 radical (unpaired) electrons. The zero-order chi connectivity index (χ0) is 16.6. The Bertz CT molecular complexity index is 939. The van der Waals surface area contributed by atoms with Gasteiger partial charge in [-0.1, -0.05) is 11.6 Å². The summed E-state index contributed by atoms with van der Waals surface area (Å²) in [5, 5.41) is 0.655. The summed E-state index contributed by atoms with van der Waals surface area (Å²) in [7, 11) is 0. The van der Waals surface area contributed by atoms with Crippen molar-refractivity contribution in [3.8, 4) is 17.1 Å². The third-order valence-electron chi connectivity index (χ3n) is 3.22. The van der Waals surface area contributed by atoms with E-state index in [-0.39, 0.29) is 16.6 Å². The number of oxazole rings is 1. The highest BCUT2D eigenvalue weighted by Crippen LogP contribution is 2.28. The summed E-state index contributed by atoms with van der Waals surface area (Å²) >= 11 is 7.08. The molecule has 118 valence electrons. The maximum Gasteiger partial charge on any atom is 0.354 e. The summed E-state index contributed by atoms with van der Waals surface area (Å²) in [5.74, 6) is -0.0633. The van der Waals surface area contributed by atoms with Gasteiger partial charge in [-0.25, -0.2) is 13.8 Å². The van der Waals surface area contributed by atoms with Crippen molar-refractivity contribution in [2.24, 2.45) is 0 Å². The fourth-order valence-corrected chi connectivity index (χ4v) is 2.80. The average Bonchev–Trinajstić information content (AvgIpc) is 3.01. The molecule has 5 nitrogen and oxygen atoms in total. The molecule has 0 amide bonds. The van der Waals surface area contributed by atoms with Crippen LogP contribution in [0.15, 0.2) is 45.0 Å². The van der Waals surface area contributed by atoms with Gasteiger partial charge in [0.05, 0.1) is 5.02 Å². The second kappa shape index (κ2) is 6.17. The molecule has 0 bridgehead atoms. The lowest BCUT2D eigenvalue weighted by molar-refractivity contribution is 0.569. The first-order valence-electron chi connectivity index (χ1n) is 6.55. The van der Waals surface area contributed by atoms with Gasteiger partial charge in [0, 0.05) is 11.8 Å². The van der Waals surface area contributed by atoms with Gasteiger partial charge in [-0.15, -0.1) is 11.8 Å². The van der Waals surface area contributed by atoms with Crippen molar-refractivity contribution in [2.75, 3.05) is 6.26 Å². The number of aromatic nitrogens is 3. The van der Waals surface area contributed by atoms with Crippen LogP contribution in [0.5, 0.6) is 0 Å². The van der Waals surface area contributed by atoms with Gasteiger partial charge in [-0.3, -0.25) is 0 Å². The first-order chi connectivity index (χ1) is 11.0. The van der Waals surface area contributed by atoms with Crippen LogP contribution in [0.4, 0.5) is 4.39 Å². The largest absolute Gasteiger partial charge is 0.441 e. The van der Waals surface area contributed by atoms with Gasteiger partial charge in [0.2, 0.25) is 0 Å². The molecule has 1 aromatic carbocycles. The number of thioether (sulfide) groups is 1. The monoisotopic (exact) mass is 351 g/mol. The molecule has 3 aromatic rings. The fraction of sp³-hybridized carbons (Fsp3) is 0.133. The van der Waals surface area contributed by atoms with Crippen molar-refractivity contribution >= 4 is 23.4 Å². The molecule has 0 spiro atoms. The van der Waals surface area contributed by atoms with Crippen LogP contribution in [0.2, 0.25) is 5.02 Å². The average molecular weight is 352 g/mol. The smallest absolute Gasteiger partial charge is 0.354 e. The number of rotatable bonds is 3. The minimum atomic E-state index is -0.578. The van der Waals surface area contributed by atoms with Crippen LogP contribution in [0.1, 0.15) is 5.56 Å². The lowest BCUT2D eigenvalue weighted by Crippen LogP contribution is -2.22. The molecule has 0 saturated carbocycles. The van der Waals surface area contributed by atoms with Crippen molar-refractivity contribution in [1.29, 1.82) is 0 Å². The van der Waals surface area contributed by atoms with E-state index in [4.69, 9.17) is 16.0 Å². The SMILES string of the molecule is CSc1nc(=O)n(-c2ncoc2-c2ccc(Cl)c(F)c2)cc1C. The zero-order valence-corrected chi connectivity index (χ0v) is 13.8. The molecule has 0 atom stereocenters. The molecule has 2 aromatic heterocycles. The Morgan fingerprint density at radius 3 is 2.87 bits per heavy atom. The zero-order valence-electron chi connectivity index (χ0n) is 12.2. The predicted molar refractivity (Wildman–Crippen MR) is 86.8 cm³/mol. The van der Waals surface area contributed by atoms with E-state index < -0.39 is 11.5 Å². The molecule has 2 heterocycles. The molecular formula is C15H11ClFN3O2S. The van der Waals surface area contributed by atoms with Crippen LogP contribution in [-0.4, -0.2) is 20.8 Å². The minimum Gasteiger partial charge on any atom is -0.441 e. The van der Waals surface area contributed by atoms with E-state index >= 15 is 0 Å². The van der Waals surface area contributed by atoms with Gasteiger partial charge in [-0.05, 0) is 36.9 Å². The van der Waals surface area contributed by atoms with Crippen molar-refractivity contribution < 1.29 is 8.81 Å². The Morgan fingerprint density at radius 2 is 2.17 bits per heavy atom. The number of hydrogen-bond donors (Lipinski definition) is 0. The van der Waals surface area contributed by atoms with E-state index in [1.165, 1.54) is 34.9 Å². The molecule has 0 aliphatic heterocycles. The van der Waals surface area contributed by atoms with Gasteiger partial charge in [-0.2, -0.15) is 9.97 Å². The highest BCUT2D eigenvalue weighted by atomic mass is 35.5. The van der Waals surface area contributed by atoms with E-state index in [9.17, 15) is 9.18 Å². The number of halogens is 2. The van der Waals surface area contributed by atoms with Gasteiger partial charge < -0.3 is 4.42 Å². The van der Waals surface area contributed by atoms with E-state index in [1.54, 1.807) is 12.3 Å². The Kier molecular flexibility index (Phi) is 4.23. The van der Waals surface area contributed by atoms with Crippen molar-refractivity contribution in [3.05, 3.63) is 57.7 Å². The van der Waals surface area contributed by atoms with Gasteiger partial charge in [0.1, 0.15) is 10.8 Å². The van der Waals surface area contributed by atoms with E-state index in [2.05, 4.69) is 9.97 Å². The van der Waals surface area contributed by atoms with Gasteiger partial charge >= 0.3 is 5.69 Å². The second-order valence-corrected chi connectivity index (χ2v) is 5.92. The van der Waals surface area contributed by atoms with E-state index in [0.29, 0.717) is 10.6 Å². The van der Waals surface area contributed by atoms with Crippen LogP contribution in [0, 0.1) is 12.7 Å². The molecule has 3 rings (SSSR count). The third kappa shape index (κ3) is 2.89. The highest BCUT2D eigenvalue weighted by molar-refractivity contribution is 7.98. The summed E-state index contributed by atoms with van der Waals surface area (Å²) in [4.78, 5) is 20.3. The number of benzene rings is 1. The van der Waals surface area contributed by atoms with E-state index in [1.807, 2.05) is 13.2 Å². The molecule has 8 heteroatoms. The van der Waals surface area contributed by atoms with Crippen LogP contribution >= 0.6 is 23.4 Å². The van der Waals surface area contributed by atoms with Gasteiger partial charge in [0.15, 0.2) is 18.0 Å². The normalized spacial score (nSPS) is 11.0. The molecular weight excluding hydrogens is 341 g/mol. The summed E-state index contributed by atoms with van der Waals surface area (Å²) < 4.78 is 20.3. The first kappa shape index (κ1) is 15.8. The van der Waals surface area contributed by atoms with Crippen molar-refractivity contribution in [1.82, 2.24) is 14.5 Å². The second-order valence-electron chi connectivity index (χ2n) is 4.72. The summed E-state index contributed by atoms with van der Waals surface area (Å²) in [6.45, 7) is 1.84. The van der Waals surface area contributed by atoms with Crippen LogP contribution < -0.4 is 5.69 Å². The quantitative estimate of drug-likeness (QED) is 0.531. The topological polar surface area (TPSA) is 60.9 Å². The molecule has 0 fully saturated rings. The molecule has 23 heavy (non-hydrogen) atoms. The molecule has 0 N–H and O–H groups in total. The van der Waals surface area contributed by atoms with Crippen LogP contribution in [0.25, 0.3) is 17.1 Å². The summed E-state index contributed by atoms with van der Waals surface area (Å²) in [5.41, 5.74) is 0.774. The molecule has 0 aliphatic rings. The minimum absolute atomic E-state index is 0.00816. The molecule has 0 aliphatic carbocycles. The van der Waals surface area contributed by atoms with Crippen molar-refractivity contribution in [2.45, 2.75) is 11.9 Å². The Morgan fingerprint density at radius 1 is 1.39 bits per heavy atom. The maximum atomic E-state index is 13.7.